The Bertz CT molecular complexity index is 1140. The summed E-state index contributed by atoms with van der Waals surface area (Å²) in [5, 5.41) is 3.51. The van der Waals surface area contributed by atoms with Crippen molar-refractivity contribution in [2.45, 2.75) is 31.7 Å². The second-order valence-electron chi connectivity index (χ2n) is 5.94. The largest absolute Gasteiger partial charge is 0.756 e. The number of aromatic nitrogens is 2. The van der Waals surface area contributed by atoms with Crippen LogP contribution in [0.3, 0.4) is 0 Å². The molecule has 1 fully saturated rings. The summed E-state index contributed by atoms with van der Waals surface area (Å²) < 4.78 is 41.3. The van der Waals surface area contributed by atoms with Crippen molar-refractivity contribution in [3.63, 3.8) is 0 Å². The molecule has 1 aliphatic rings. The average Bonchev–Trinajstić information content (AvgIpc) is 2.96. The number of azide groups is 1. The number of H-pyrrole nitrogens is 1. The third-order valence-electron chi connectivity index (χ3n) is 3.66. The molecule has 1 saturated heterocycles. The van der Waals surface area contributed by atoms with Crippen molar-refractivity contribution in [2.75, 3.05) is 6.61 Å². The lowest BCUT2D eigenvalue weighted by Crippen LogP contribution is -2.33. The molecular weight excluding hydrogens is 523 g/mol. The Labute approximate surface area is 183 Å². The molecule has 6 atom stereocenters. The van der Waals surface area contributed by atoms with Gasteiger partial charge in [-0.2, -0.15) is 0 Å². The van der Waals surface area contributed by atoms with Gasteiger partial charge in [0.1, 0.15) is 6.23 Å². The zero-order chi connectivity index (χ0) is 23.6. The summed E-state index contributed by atoms with van der Waals surface area (Å²) in [4.78, 5) is 58.8. The van der Waals surface area contributed by atoms with Crippen LogP contribution in [0, 0.1) is 6.92 Å². The maximum atomic E-state index is 12.0. The van der Waals surface area contributed by atoms with E-state index in [1.807, 2.05) is 0 Å². The molecule has 1 aliphatic heterocycles. The van der Waals surface area contributed by atoms with Crippen LogP contribution in [0.15, 0.2) is 20.9 Å². The molecule has 0 radical (unpaired) electrons. The van der Waals surface area contributed by atoms with Gasteiger partial charge in [-0.3, -0.25) is 27.8 Å². The van der Waals surface area contributed by atoms with E-state index >= 15 is 0 Å². The highest BCUT2D eigenvalue weighted by molar-refractivity contribution is 8.52. The molecule has 3 unspecified atom stereocenters. The molecule has 1 aromatic heterocycles. The number of ether oxygens (including phenoxy) is 1. The Balaban J connectivity index is 2.14. The van der Waals surface area contributed by atoms with Gasteiger partial charge in [0.25, 0.3) is 21.2 Å². The van der Waals surface area contributed by atoms with Crippen molar-refractivity contribution >= 4 is 45.4 Å². The van der Waals surface area contributed by atoms with E-state index in [9.17, 15) is 28.5 Å². The summed E-state index contributed by atoms with van der Waals surface area (Å²) in [5.74, 6) is 0. The third-order valence-corrected chi connectivity index (χ3v) is 9.18. The fourth-order valence-electron chi connectivity index (χ4n) is 2.48. The molecule has 31 heavy (non-hydrogen) atoms. The van der Waals surface area contributed by atoms with Gasteiger partial charge in [-0.15, -0.1) is 0 Å². The molecule has 2 N–H and O–H groups in total. The van der Waals surface area contributed by atoms with Crippen LogP contribution in [0.5, 0.6) is 0 Å². The summed E-state index contributed by atoms with van der Waals surface area (Å²) in [5.41, 5.74) is 3.47. The van der Waals surface area contributed by atoms with Gasteiger partial charge < -0.3 is 36.2 Å². The van der Waals surface area contributed by atoms with Crippen LogP contribution >= 0.6 is 21.3 Å². The van der Waals surface area contributed by atoms with Gasteiger partial charge in [0.2, 0.25) is 0 Å². The highest BCUT2D eigenvalue weighted by Gasteiger charge is 2.37. The van der Waals surface area contributed by atoms with E-state index in [4.69, 9.17) is 43.7 Å². The van der Waals surface area contributed by atoms with E-state index in [0.29, 0.717) is 0 Å². The quantitative estimate of drug-likeness (QED) is 0.134. The van der Waals surface area contributed by atoms with Crippen molar-refractivity contribution < 1.29 is 41.7 Å². The van der Waals surface area contributed by atoms with E-state index < -0.39 is 57.6 Å². The summed E-state index contributed by atoms with van der Waals surface area (Å²) in [6, 6.07) is -0.909. The SMILES string of the molecule is Cc1cn([C@H]2C[C@H](N=[N+]=[N-])[C@@H](COP(=S)([S-])OP(=O)([O-])OP(=O)([O-])O)O2)c(=O)[nH]c1=O. The first kappa shape index (κ1) is 26.4. The smallest absolute Gasteiger partial charge is 0.330 e. The molecule has 174 valence electrons. The van der Waals surface area contributed by atoms with Crippen molar-refractivity contribution in [1.29, 1.82) is 0 Å². The zero-order valence-electron chi connectivity index (χ0n) is 15.2. The Kier molecular flexibility index (Phi) is 8.50. The standard InChI is InChI=1S/C10H16N5O11P3S2/c1-5-3-15(10(17)12-9(5)16)8-2-6(13-14-11)7(24-8)4-23-29(30,31)26-28(21,22)25-27(18,19)20/h3,6-8H,2,4H2,1H3,(H,21,22)(H,30,31)(H,12,16,17)(H2,18,19,20)/p-3/t6-,7+,8+/m0/s1. The predicted octanol–water partition coefficient (Wildman–Crippen LogP) is -0.438. The van der Waals surface area contributed by atoms with Crippen molar-refractivity contribution in [3.8, 4) is 0 Å². The van der Waals surface area contributed by atoms with Crippen molar-refractivity contribution in [3.05, 3.63) is 43.0 Å². The van der Waals surface area contributed by atoms with E-state index in [-0.39, 0.29) is 12.0 Å². The van der Waals surface area contributed by atoms with Gasteiger partial charge in [0.05, 0.1) is 24.4 Å². The predicted molar refractivity (Wildman–Crippen MR) is 105 cm³/mol. The van der Waals surface area contributed by atoms with Crippen LogP contribution in [0.2, 0.25) is 0 Å². The maximum Gasteiger partial charge on any atom is 0.330 e. The summed E-state index contributed by atoms with van der Waals surface area (Å²) in [6.45, 7) is 0.891. The summed E-state index contributed by atoms with van der Waals surface area (Å²) >= 11 is 9.39. The van der Waals surface area contributed by atoms with Crippen LogP contribution < -0.4 is 21.0 Å². The van der Waals surface area contributed by atoms with Gasteiger partial charge >= 0.3 is 5.69 Å². The minimum absolute atomic E-state index is 0.0162. The normalized spacial score (nSPS) is 26.9. The van der Waals surface area contributed by atoms with E-state index in [0.717, 1.165) is 4.57 Å². The minimum Gasteiger partial charge on any atom is -0.756 e. The molecule has 2 rings (SSSR count). The molecule has 21 heteroatoms. The lowest BCUT2D eigenvalue weighted by molar-refractivity contribution is -0.235. The fourth-order valence-corrected chi connectivity index (χ4v) is 7.21. The summed E-state index contributed by atoms with van der Waals surface area (Å²) in [7, 11) is -11.4. The fraction of sp³-hybridized carbons (Fsp3) is 0.600. The van der Waals surface area contributed by atoms with Crippen LogP contribution in [0.4, 0.5) is 0 Å². The number of hydrogen-bond donors (Lipinski definition) is 2. The van der Waals surface area contributed by atoms with Crippen molar-refractivity contribution in [2.24, 2.45) is 5.11 Å². The number of phosphoric acid groups is 2. The first-order valence-corrected chi connectivity index (χ1v) is 14.5. The zero-order valence-corrected chi connectivity index (χ0v) is 19.5. The first-order valence-electron chi connectivity index (χ1n) is 7.87. The maximum absolute atomic E-state index is 12.0. The molecule has 2 heterocycles. The Hall–Kier alpha value is -0.830. The lowest BCUT2D eigenvalue weighted by atomic mass is 10.1. The lowest BCUT2D eigenvalue weighted by Gasteiger charge is -2.36. The Morgan fingerprint density at radius 2 is 2.13 bits per heavy atom. The van der Waals surface area contributed by atoms with Crippen LogP contribution in [0.25, 0.3) is 10.4 Å². The number of nitrogens with one attached hydrogen (secondary N) is 1. The van der Waals surface area contributed by atoms with Crippen molar-refractivity contribution in [1.82, 2.24) is 9.55 Å². The number of rotatable bonds is 9. The third kappa shape index (κ3) is 7.91. The Morgan fingerprint density at radius 3 is 2.71 bits per heavy atom. The average molecular weight is 536 g/mol. The molecule has 0 spiro atoms. The second-order valence-corrected chi connectivity index (χ2v) is 13.8. The van der Waals surface area contributed by atoms with Gasteiger partial charge in [0.15, 0.2) is 0 Å². The van der Waals surface area contributed by atoms with Gasteiger partial charge in [-0.1, -0.05) is 16.9 Å². The van der Waals surface area contributed by atoms with Gasteiger partial charge in [0, 0.05) is 23.1 Å². The monoisotopic (exact) mass is 536 g/mol. The van der Waals surface area contributed by atoms with Crippen LogP contribution in [-0.4, -0.2) is 33.2 Å². The molecule has 0 saturated carbocycles. The molecule has 0 bridgehead atoms. The molecular formula is C10H13N5O11P3S2-3. The van der Waals surface area contributed by atoms with Crippen LogP contribution in [-0.2, 0) is 51.1 Å². The van der Waals surface area contributed by atoms with Crippen LogP contribution in [0.1, 0.15) is 18.2 Å². The summed E-state index contributed by atoms with van der Waals surface area (Å²) in [6.07, 6.45) is -0.822. The number of aryl methyl sites for hydroxylation is 1. The topological polar surface area (TPSA) is 241 Å². The highest BCUT2D eigenvalue weighted by Crippen LogP contribution is 2.64. The Morgan fingerprint density at radius 1 is 1.48 bits per heavy atom. The molecule has 16 nitrogen and oxygen atoms in total. The minimum atomic E-state index is -5.70. The van der Waals surface area contributed by atoms with E-state index in [1.165, 1.54) is 13.1 Å². The van der Waals surface area contributed by atoms with E-state index in [1.54, 1.807) is 0 Å². The number of hydrogen-bond acceptors (Lipinski definition) is 13. The van der Waals surface area contributed by atoms with E-state index in [2.05, 4.69) is 23.6 Å². The first-order chi connectivity index (χ1) is 14.1. The van der Waals surface area contributed by atoms with Gasteiger partial charge in [-0.25, -0.2) is 9.11 Å². The van der Waals surface area contributed by atoms with Gasteiger partial charge in [-0.05, 0) is 12.5 Å². The highest BCUT2D eigenvalue weighted by atomic mass is 32.9. The molecule has 0 aromatic carbocycles. The molecule has 0 amide bonds. The molecule has 1 aromatic rings. The number of aromatic amines is 1. The molecule has 0 aliphatic carbocycles. The number of nitrogens with zero attached hydrogens (tertiary/aromatic N) is 4. The second kappa shape index (κ2) is 9.98.